The van der Waals surface area contributed by atoms with Gasteiger partial charge >= 0.3 is 0 Å². The van der Waals surface area contributed by atoms with Crippen LogP contribution in [0.4, 0.5) is 5.82 Å². The lowest BCUT2D eigenvalue weighted by atomic mass is 9.97. The number of aromatic amines is 1. The fraction of sp³-hybridized carbons (Fsp3) is 0.0667. The summed E-state index contributed by atoms with van der Waals surface area (Å²) in [7, 11) is 0. The van der Waals surface area contributed by atoms with Gasteiger partial charge in [0.15, 0.2) is 0 Å². The fourth-order valence-electron chi connectivity index (χ4n) is 2.68. The number of anilines is 1. The van der Waals surface area contributed by atoms with Crippen molar-refractivity contribution in [2.75, 3.05) is 5.73 Å². The Labute approximate surface area is 115 Å². The first-order valence-corrected chi connectivity index (χ1v) is 6.40. The van der Waals surface area contributed by atoms with Crippen molar-refractivity contribution in [1.29, 1.82) is 0 Å². The van der Waals surface area contributed by atoms with Crippen LogP contribution in [-0.2, 0) is 0 Å². The molecule has 3 N–H and O–H groups in total. The molecule has 0 aliphatic heterocycles. The minimum absolute atomic E-state index is 0.528. The van der Waals surface area contributed by atoms with Crippen LogP contribution in [0.3, 0.4) is 0 Å². The Hall–Kier alpha value is -2.82. The summed E-state index contributed by atoms with van der Waals surface area (Å²) in [5.41, 5.74) is 11.3. The van der Waals surface area contributed by atoms with Gasteiger partial charge in [-0.05, 0) is 41.8 Å². The van der Waals surface area contributed by atoms with Crippen LogP contribution in [0.15, 0.2) is 42.7 Å². The van der Waals surface area contributed by atoms with Gasteiger partial charge in [-0.2, -0.15) is 10.2 Å². The lowest BCUT2D eigenvalue weighted by Gasteiger charge is -2.08. The molecule has 0 saturated carbocycles. The lowest BCUT2D eigenvalue weighted by molar-refractivity contribution is 0.968. The van der Waals surface area contributed by atoms with E-state index in [2.05, 4.69) is 40.4 Å². The summed E-state index contributed by atoms with van der Waals surface area (Å²) in [5, 5.41) is 12.5. The number of benzene rings is 1. The Bertz CT molecular complexity index is 932. The first kappa shape index (κ1) is 11.0. The monoisotopic (exact) mass is 263 g/mol. The number of fused-ring (bicyclic) bond motifs is 2. The molecule has 5 nitrogen and oxygen atoms in total. The summed E-state index contributed by atoms with van der Waals surface area (Å²) >= 11 is 0. The molecule has 0 atom stereocenters. The number of rotatable bonds is 1. The molecule has 4 aromatic rings. The SMILES string of the molecule is Cc1ccc2[nH]ncc2c1-c1ccn2nc(N)cc2c1. The van der Waals surface area contributed by atoms with Crippen LogP contribution >= 0.6 is 0 Å². The molecule has 1 aromatic carbocycles. The second kappa shape index (κ2) is 3.84. The number of hydrogen-bond donors (Lipinski definition) is 2. The number of aryl methyl sites for hydroxylation is 1. The van der Waals surface area contributed by atoms with Crippen LogP contribution in [0.5, 0.6) is 0 Å². The molecular weight excluding hydrogens is 250 g/mol. The fourth-order valence-corrected chi connectivity index (χ4v) is 2.68. The molecule has 20 heavy (non-hydrogen) atoms. The third-order valence-corrected chi connectivity index (χ3v) is 3.60. The molecule has 0 spiro atoms. The summed E-state index contributed by atoms with van der Waals surface area (Å²) < 4.78 is 1.78. The van der Waals surface area contributed by atoms with Crippen molar-refractivity contribution in [3.05, 3.63) is 48.3 Å². The third-order valence-electron chi connectivity index (χ3n) is 3.60. The largest absolute Gasteiger partial charge is 0.382 e. The standard InChI is InChI=1S/C15H13N5/c1-9-2-3-13-12(8-17-18-13)15(9)10-4-5-20-11(6-10)7-14(16)19-20/h2-8H,1H3,(H2,16,19)(H,17,18). The summed E-state index contributed by atoms with van der Waals surface area (Å²) in [6.07, 6.45) is 3.80. The van der Waals surface area contributed by atoms with E-state index in [-0.39, 0.29) is 0 Å². The molecule has 0 aliphatic carbocycles. The van der Waals surface area contributed by atoms with E-state index in [0.29, 0.717) is 5.82 Å². The van der Waals surface area contributed by atoms with E-state index >= 15 is 0 Å². The Morgan fingerprint density at radius 1 is 1.20 bits per heavy atom. The van der Waals surface area contributed by atoms with Crippen molar-refractivity contribution in [2.45, 2.75) is 6.92 Å². The van der Waals surface area contributed by atoms with Gasteiger partial charge in [0, 0.05) is 17.6 Å². The second-order valence-electron chi connectivity index (χ2n) is 4.94. The Kier molecular flexibility index (Phi) is 2.12. The van der Waals surface area contributed by atoms with E-state index in [9.17, 15) is 0 Å². The Morgan fingerprint density at radius 2 is 2.10 bits per heavy atom. The molecule has 0 fully saturated rings. The average molecular weight is 263 g/mol. The van der Waals surface area contributed by atoms with Gasteiger partial charge < -0.3 is 5.73 Å². The zero-order chi connectivity index (χ0) is 13.7. The van der Waals surface area contributed by atoms with E-state index in [4.69, 9.17) is 5.73 Å². The van der Waals surface area contributed by atoms with Gasteiger partial charge in [0.1, 0.15) is 5.82 Å². The highest BCUT2D eigenvalue weighted by molar-refractivity contribution is 5.96. The van der Waals surface area contributed by atoms with E-state index in [1.54, 1.807) is 4.52 Å². The third kappa shape index (κ3) is 1.50. The Morgan fingerprint density at radius 3 is 3.00 bits per heavy atom. The summed E-state index contributed by atoms with van der Waals surface area (Å²) in [6.45, 7) is 2.11. The first-order chi connectivity index (χ1) is 9.72. The zero-order valence-corrected chi connectivity index (χ0v) is 11.0. The maximum atomic E-state index is 5.74. The van der Waals surface area contributed by atoms with Crippen LogP contribution in [0.2, 0.25) is 0 Å². The van der Waals surface area contributed by atoms with Crippen molar-refractivity contribution in [2.24, 2.45) is 0 Å². The summed E-state index contributed by atoms with van der Waals surface area (Å²) in [6, 6.07) is 10.2. The number of pyridine rings is 1. The van der Waals surface area contributed by atoms with Crippen LogP contribution in [0, 0.1) is 6.92 Å². The smallest absolute Gasteiger partial charge is 0.146 e. The number of nitrogens with zero attached hydrogens (tertiary/aromatic N) is 3. The van der Waals surface area contributed by atoms with Crippen molar-refractivity contribution in [1.82, 2.24) is 19.8 Å². The number of H-pyrrole nitrogens is 1. The van der Waals surface area contributed by atoms with E-state index in [1.807, 2.05) is 24.5 Å². The van der Waals surface area contributed by atoms with Gasteiger partial charge in [-0.25, -0.2) is 4.52 Å². The van der Waals surface area contributed by atoms with Crippen molar-refractivity contribution in [3.8, 4) is 11.1 Å². The van der Waals surface area contributed by atoms with Crippen LogP contribution in [0.25, 0.3) is 27.5 Å². The molecular formula is C15H13N5. The molecule has 0 aliphatic rings. The van der Waals surface area contributed by atoms with Gasteiger partial charge in [-0.1, -0.05) is 6.07 Å². The number of hydrogen-bond acceptors (Lipinski definition) is 3. The van der Waals surface area contributed by atoms with E-state index < -0.39 is 0 Å². The predicted molar refractivity (Wildman–Crippen MR) is 79.4 cm³/mol. The van der Waals surface area contributed by atoms with Gasteiger partial charge in [0.25, 0.3) is 0 Å². The van der Waals surface area contributed by atoms with E-state index in [1.165, 1.54) is 11.1 Å². The van der Waals surface area contributed by atoms with Crippen LogP contribution in [0.1, 0.15) is 5.56 Å². The van der Waals surface area contributed by atoms with Crippen LogP contribution in [-0.4, -0.2) is 19.8 Å². The topological polar surface area (TPSA) is 72.0 Å². The lowest BCUT2D eigenvalue weighted by Crippen LogP contribution is -1.90. The van der Waals surface area contributed by atoms with Gasteiger partial charge in [0.2, 0.25) is 0 Å². The van der Waals surface area contributed by atoms with E-state index in [0.717, 1.165) is 22.0 Å². The highest BCUT2D eigenvalue weighted by atomic mass is 15.2. The normalized spacial score (nSPS) is 11.4. The molecule has 5 heteroatoms. The molecule has 4 rings (SSSR count). The maximum Gasteiger partial charge on any atom is 0.146 e. The minimum atomic E-state index is 0.528. The first-order valence-electron chi connectivity index (χ1n) is 6.40. The number of nitrogens with two attached hydrogens (primary N) is 1. The van der Waals surface area contributed by atoms with Crippen molar-refractivity contribution >= 4 is 22.2 Å². The molecule has 3 aromatic heterocycles. The molecule has 98 valence electrons. The van der Waals surface area contributed by atoms with Crippen molar-refractivity contribution < 1.29 is 0 Å². The average Bonchev–Trinajstić information content (AvgIpc) is 3.02. The quantitative estimate of drug-likeness (QED) is 0.554. The van der Waals surface area contributed by atoms with Crippen LogP contribution < -0.4 is 5.73 Å². The van der Waals surface area contributed by atoms with Crippen molar-refractivity contribution in [3.63, 3.8) is 0 Å². The minimum Gasteiger partial charge on any atom is -0.382 e. The molecule has 0 unspecified atom stereocenters. The zero-order valence-electron chi connectivity index (χ0n) is 11.0. The van der Waals surface area contributed by atoms with Gasteiger partial charge in [-0.15, -0.1) is 0 Å². The molecule has 0 bridgehead atoms. The number of nitrogens with one attached hydrogen (secondary N) is 1. The molecule has 0 radical (unpaired) electrons. The van der Waals surface area contributed by atoms with Gasteiger partial charge in [0.05, 0.1) is 17.2 Å². The summed E-state index contributed by atoms with van der Waals surface area (Å²) in [5.74, 6) is 0.528. The van der Waals surface area contributed by atoms with Gasteiger partial charge in [-0.3, -0.25) is 5.10 Å². The number of aromatic nitrogens is 4. The molecule has 0 amide bonds. The molecule has 0 saturated heterocycles. The number of nitrogen functional groups attached to an aromatic ring is 1. The Balaban J connectivity index is 2.04. The predicted octanol–water partition coefficient (Wildman–Crippen LogP) is 2.77. The highest BCUT2D eigenvalue weighted by Crippen LogP contribution is 2.31. The summed E-state index contributed by atoms with van der Waals surface area (Å²) in [4.78, 5) is 0. The highest BCUT2D eigenvalue weighted by Gasteiger charge is 2.10. The maximum absolute atomic E-state index is 5.74. The second-order valence-corrected chi connectivity index (χ2v) is 4.94. The molecule has 3 heterocycles.